The first-order valence-corrected chi connectivity index (χ1v) is 5.58. The van der Waals surface area contributed by atoms with Gasteiger partial charge in [0, 0.05) is 5.54 Å². The third-order valence-corrected chi connectivity index (χ3v) is 3.14. The minimum Gasteiger partial charge on any atom is -0.394 e. The molecule has 1 fully saturated rings. The van der Waals surface area contributed by atoms with E-state index in [1.165, 1.54) is 12.8 Å². The van der Waals surface area contributed by atoms with Gasteiger partial charge in [-0.25, -0.2) is 0 Å². The van der Waals surface area contributed by atoms with Gasteiger partial charge in [0.2, 0.25) is 0 Å². The molecule has 0 spiro atoms. The Labute approximate surface area is 81.7 Å². The van der Waals surface area contributed by atoms with Crippen molar-refractivity contribution in [2.75, 3.05) is 13.2 Å². The highest BCUT2D eigenvalue weighted by molar-refractivity contribution is 4.92. The molecule has 0 aromatic rings. The number of nitrogens with one attached hydrogen (secondary N) is 1. The Balaban J connectivity index is 2.46. The molecule has 1 aliphatic rings. The summed E-state index contributed by atoms with van der Waals surface area (Å²) < 4.78 is 0. The Kier molecular flexibility index (Phi) is 4.20. The summed E-state index contributed by atoms with van der Waals surface area (Å²) in [5.74, 6) is 0.769. The molecule has 0 heterocycles. The summed E-state index contributed by atoms with van der Waals surface area (Å²) in [6.07, 6.45) is 6.03. The summed E-state index contributed by atoms with van der Waals surface area (Å²) in [6, 6.07) is 0. The molecule has 2 nitrogen and oxygen atoms in total. The van der Waals surface area contributed by atoms with Crippen molar-refractivity contribution in [2.24, 2.45) is 5.92 Å². The van der Waals surface area contributed by atoms with Gasteiger partial charge in [-0.1, -0.05) is 26.7 Å². The molecule has 1 aliphatic carbocycles. The van der Waals surface area contributed by atoms with Crippen molar-refractivity contribution in [3.63, 3.8) is 0 Å². The van der Waals surface area contributed by atoms with Crippen LogP contribution in [0.2, 0.25) is 0 Å². The molecule has 0 aliphatic heterocycles. The van der Waals surface area contributed by atoms with Crippen molar-refractivity contribution in [1.82, 2.24) is 5.32 Å². The van der Waals surface area contributed by atoms with Gasteiger partial charge in [-0.2, -0.15) is 0 Å². The van der Waals surface area contributed by atoms with Crippen molar-refractivity contribution < 1.29 is 5.11 Å². The molecule has 0 radical (unpaired) electrons. The minimum atomic E-state index is 0.0493. The Morgan fingerprint density at radius 2 is 2.31 bits per heavy atom. The predicted octanol–water partition coefficient (Wildman–Crippen LogP) is 1.93. The quantitative estimate of drug-likeness (QED) is 0.701. The summed E-state index contributed by atoms with van der Waals surface area (Å²) in [7, 11) is 0. The topological polar surface area (TPSA) is 32.3 Å². The van der Waals surface area contributed by atoms with Crippen molar-refractivity contribution in [3.8, 4) is 0 Å². The molecule has 0 amide bonds. The van der Waals surface area contributed by atoms with Crippen LogP contribution in [0.15, 0.2) is 0 Å². The number of rotatable bonds is 4. The van der Waals surface area contributed by atoms with Crippen LogP contribution in [0.25, 0.3) is 0 Å². The predicted molar refractivity (Wildman–Crippen MR) is 55.7 cm³/mol. The van der Waals surface area contributed by atoms with E-state index in [1.807, 2.05) is 0 Å². The first-order chi connectivity index (χ1) is 6.22. The molecule has 1 rings (SSSR count). The normalized spacial score (nSPS) is 34.8. The van der Waals surface area contributed by atoms with Gasteiger partial charge < -0.3 is 10.4 Å². The SMILES string of the molecule is CCCNC1(CO)CCCC(C)C1. The van der Waals surface area contributed by atoms with Crippen molar-refractivity contribution in [1.29, 1.82) is 0 Å². The number of hydrogen-bond acceptors (Lipinski definition) is 2. The zero-order valence-electron chi connectivity index (χ0n) is 8.97. The highest BCUT2D eigenvalue weighted by atomic mass is 16.3. The largest absolute Gasteiger partial charge is 0.394 e. The highest BCUT2D eigenvalue weighted by Gasteiger charge is 2.33. The third-order valence-electron chi connectivity index (χ3n) is 3.14. The van der Waals surface area contributed by atoms with Crippen LogP contribution >= 0.6 is 0 Å². The van der Waals surface area contributed by atoms with Crippen molar-refractivity contribution in [3.05, 3.63) is 0 Å². The van der Waals surface area contributed by atoms with Crippen LogP contribution in [-0.2, 0) is 0 Å². The van der Waals surface area contributed by atoms with Gasteiger partial charge >= 0.3 is 0 Å². The molecule has 0 aromatic heterocycles. The summed E-state index contributed by atoms with van der Waals surface area (Å²) in [5.41, 5.74) is 0.0493. The Morgan fingerprint density at radius 3 is 2.85 bits per heavy atom. The van der Waals surface area contributed by atoms with Gasteiger partial charge in [-0.05, 0) is 31.7 Å². The van der Waals surface area contributed by atoms with Crippen LogP contribution < -0.4 is 5.32 Å². The molecular weight excluding hydrogens is 162 g/mol. The lowest BCUT2D eigenvalue weighted by atomic mass is 9.77. The lowest BCUT2D eigenvalue weighted by molar-refractivity contribution is 0.100. The van der Waals surface area contributed by atoms with Gasteiger partial charge in [0.05, 0.1) is 6.61 Å². The molecule has 0 saturated heterocycles. The fourth-order valence-corrected chi connectivity index (χ4v) is 2.41. The van der Waals surface area contributed by atoms with E-state index in [2.05, 4.69) is 19.2 Å². The van der Waals surface area contributed by atoms with E-state index in [4.69, 9.17) is 0 Å². The monoisotopic (exact) mass is 185 g/mol. The Hall–Kier alpha value is -0.0800. The zero-order chi connectivity index (χ0) is 9.73. The first-order valence-electron chi connectivity index (χ1n) is 5.58. The molecular formula is C11H23NO. The molecule has 1 saturated carbocycles. The highest BCUT2D eigenvalue weighted by Crippen LogP contribution is 2.31. The van der Waals surface area contributed by atoms with Crippen LogP contribution in [-0.4, -0.2) is 23.8 Å². The molecule has 2 N–H and O–H groups in total. The lowest BCUT2D eigenvalue weighted by Gasteiger charge is -2.39. The van der Waals surface area contributed by atoms with Crippen LogP contribution in [0, 0.1) is 5.92 Å². The third kappa shape index (κ3) is 2.96. The fraction of sp³-hybridized carbons (Fsp3) is 1.00. The summed E-state index contributed by atoms with van der Waals surface area (Å²) >= 11 is 0. The van der Waals surface area contributed by atoms with E-state index < -0.39 is 0 Å². The summed E-state index contributed by atoms with van der Waals surface area (Å²) in [6.45, 7) is 5.80. The summed E-state index contributed by atoms with van der Waals surface area (Å²) in [4.78, 5) is 0. The zero-order valence-corrected chi connectivity index (χ0v) is 8.97. The van der Waals surface area contributed by atoms with Gasteiger partial charge in [-0.15, -0.1) is 0 Å². The van der Waals surface area contributed by atoms with Crippen LogP contribution in [0.5, 0.6) is 0 Å². The van der Waals surface area contributed by atoms with Gasteiger partial charge in [0.1, 0.15) is 0 Å². The first kappa shape index (κ1) is 11.0. The average molecular weight is 185 g/mol. The summed E-state index contributed by atoms with van der Waals surface area (Å²) in [5, 5.41) is 12.9. The van der Waals surface area contributed by atoms with E-state index in [9.17, 15) is 5.11 Å². The lowest BCUT2D eigenvalue weighted by Crippen LogP contribution is -2.51. The molecule has 2 unspecified atom stereocenters. The van der Waals surface area contributed by atoms with Gasteiger partial charge in [0.25, 0.3) is 0 Å². The smallest absolute Gasteiger partial charge is 0.0613 e. The molecule has 2 atom stereocenters. The van der Waals surface area contributed by atoms with E-state index in [1.54, 1.807) is 0 Å². The average Bonchev–Trinajstić information content (AvgIpc) is 2.15. The van der Waals surface area contributed by atoms with Crippen LogP contribution in [0.4, 0.5) is 0 Å². The maximum Gasteiger partial charge on any atom is 0.0613 e. The second-order valence-electron chi connectivity index (χ2n) is 4.57. The molecule has 0 bridgehead atoms. The molecule has 0 aromatic carbocycles. The van der Waals surface area contributed by atoms with Gasteiger partial charge in [-0.3, -0.25) is 0 Å². The maximum absolute atomic E-state index is 9.42. The maximum atomic E-state index is 9.42. The van der Waals surface area contributed by atoms with Crippen LogP contribution in [0.1, 0.15) is 46.0 Å². The number of aliphatic hydroxyl groups excluding tert-OH is 1. The van der Waals surface area contributed by atoms with Crippen molar-refractivity contribution >= 4 is 0 Å². The minimum absolute atomic E-state index is 0.0493. The van der Waals surface area contributed by atoms with E-state index in [0.717, 1.165) is 31.7 Å². The standard InChI is InChI=1S/C11H23NO/c1-3-7-12-11(9-13)6-4-5-10(2)8-11/h10,12-13H,3-9H2,1-2H3. The Bertz CT molecular complexity index is 149. The molecule has 13 heavy (non-hydrogen) atoms. The fourth-order valence-electron chi connectivity index (χ4n) is 2.41. The number of hydrogen-bond donors (Lipinski definition) is 2. The van der Waals surface area contributed by atoms with E-state index in [0.29, 0.717) is 6.61 Å². The van der Waals surface area contributed by atoms with Crippen molar-refractivity contribution in [2.45, 2.75) is 51.5 Å². The molecule has 78 valence electrons. The van der Waals surface area contributed by atoms with E-state index >= 15 is 0 Å². The molecule has 2 heteroatoms. The second kappa shape index (κ2) is 4.97. The Morgan fingerprint density at radius 1 is 1.54 bits per heavy atom. The number of aliphatic hydroxyl groups is 1. The van der Waals surface area contributed by atoms with Gasteiger partial charge in [0.15, 0.2) is 0 Å². The van der Waals surface area contributed by atoms with E-state index in [-0.39, 0.29) is 5.54 Å². The second-order valence-corrected chi connectivity index (χ2v) is 4.57. The van der Waals surface area contributed by atoms with Crippen LogP contribution in [0.3, 0.4) is 0 Å².